The highest BCUT2D eigenvalue weighted by atomic mass is 16.5. The Morgan fingerprint density at radius 1 is 1.37 bits per heavy atom. The molecule has 1 N–H and O–H groups in total. The summed E-state index contributed by atoms with van der Waals surface area (Å²) in [6, 6.07) is 7.97. The van der Waals surface area contributed by atoms with Gasteiger partial charge in [-0.3, -0.25) is 4.90 Å². The van der Waals surface area contributed by atoms with Crippen molar-refractivity contribution in [2.24, 2.45) is 5.92 Å². The minimum Gasteiger partial charge on any atom is -0.491 e. The number of rotatable bonds is 3. The Morgan fingerprint density at radius 2 is 2.21 bits per heavy atom. The van der Waals surface area contributed by atoms with E-state index in [1.54, 1.807) is 0 Å². The molecule has 3 rings (SSSR count). The lowest BCUT2D eigenvalue weighted by molar-refractivity contribution is 0.0123. The monoisotopic (exact) mass is 261 g/mol. The normalized spacial score (nSPS) is 30.9. The molecule has 3 unspecified atom stereocenters. The highest BCUT2D eigenvalue weighted by Crippen LogP contribution is 2.36. The first kappa shape index (κ1) is 12.9. The van der Waals surface area contributed by atoms with Crippen molar-refractivity contribution < 1.29 is 9.84 Å². The van der Waals surface area contributed by atoms with Crippen molar-refractivity contribution in [3.63, 3.8) is 0 Å². The SMILES string of the molecule is CCCC1CCN(C2COc3ccccc3C2O)C1. The van der Waals surface area contributed by atoms with E-state index in [4.69, 9.17) is 4.74 Å². The van der Waals surface area contributed by atoms with Crippen LogP contribution in [0, 0.1) is 5.92 Å². The third-order valence-corrected chi connectivity index (χ3v) is 4.49. The maximum absolute atomic E-state index is 10.6. The summed E-state index contributed by atoms with van der Waals surface area (Å²) in [4.78, 5) is 2.42. The van der Waals surface area contributed by atoms with Crippen molar-refractivity contribution in [2.45, 2.75) is 38.3 Å². The lowest BCUT2D eigenvalue weighted by Gasteiger charge is -2.36. The first-order chi connectivity index (χ1) is 9.29. The van der Waals surface area contributed by atoms with Crippen molar-refractivity contribution in [1.82, 2.24) is 4.90 Å². The van der Waals surface area contributed by atoms with Gasteiger partial charge in [0.05, 0.1) is 6.04 Å². The van der Waals surface area contributed by atoms with Crippen molar-refractivity contribution in [2.75, 3.05) is 19.7 Å². The van der Waals surface area contributed by atoms with Crippen molar-refractivity contribution in [3.8, 4) is 5.75 Å². The molecule has 0 radical (unpaired) electrons. The minimum atomic E-state index is -0.412. The number of aliphatic hydroxyl groups excluding tert-OH is 1. The average molecular weight is 261 g/mol. The summed E-state index contributed by atoms with van der Waals surface area (Å²) >= 11 is 0. The molecule has 1 fully saturated rings. The van der Waals surface area contributed by atoms with E-state index < -0.39 is 6.10 Å². The van der Waals surface area contributed by atoms with Gasteiger partial charge in [0.25, 0.3) is 0 Å². The Bertz CT molecular complexity index is 435. The van der Waals surface area contributed by atoms with Crippen LogP contribution >= 0.6 is 0 Å². The van der Waals surface area contributed by atoms with Crippen LogP contribution in [0.1, 0.15) is 37.9 Å². The minimum absolute atomic E-state index is 0.122. The molecule has 1 aromatic rings. The Balaban J connectivity index is 1.71. The maximum atomic E-state index is 10.6. The molecule has 0 saturated carbocycles. The first-order valence-electron chi connectivity index (χ1n) is 7.43. The van der Waals surface area contributed by atoms with Crippen LogP contribution in [0.15, 0.2) is 24.3 Å². The fourth-order valence-corrected chi connectivity index (χ4v) is 3.44. The zero-order valence-corrected chi connectivity index (χ0v) is 11.6. The predicted octanol–water partition coefficient (Wildman–Crippen LogP) is 2.60. The van der Waals surface area contributed by atoms with Gasteiger partial charge in [0.15, 0.2) is 0 Å². The van der Waals surface area contributed by atoms with Crippen LogP contribution in [0.4, 0.5) is 0 Å². The molecule has 0 aliphatic carbocycles. The number of benzene rings is 1. The van der Waals surface area contributed by atoms with Gasteiger partial charge < -0.3 is 9.84 Å². The number of nitrogens with zero attached hydrogens (tertiary/aromatic N) is 1. The van der Waals surface area contributed by atoms with Gasteiger partial charge in [-0.1, -0.05) is 31.5 Å². The smallest absolute Gasteiger partial charge is 0.125 e. The zero-order valence-electron chi connectivity index (χ0n) is 11.6. The predicted molar refractivity (Wildman–Crippen MR) is 75.3 cm³/mol. The number of para-hydroxylation sites is 1. The average Bonchev–Trinajstić information content (AvgIpc) is 2.88. The summed E-state index contributed by atoms with van der Waals surface area (Å²) in [7, 11) is 0. The van der Waals surface area contributed by atoms with Gasteiger partial charge in [-0.15, -0.1) is 0 Å². The molecule has 19 heavy (non-hydrogen) atoms. The largest absolute Gasteiger partial charge is 0.491 e. The van der Waals surface area contributed by atoms with E-state index in [2.05, 4.69) is 11.8 Å². The van der Waals surface area contributed by atoms with E-state index in [0.717, 1.165) is 30.3 Å². The number of fused-ring (bicyclic) bond motifs is 1. The summed E-state index contributed by atoms with van der Waals surface area (Å²) in [5, 5.41) is 10.6. The van der Waals surface area contributed by atoms with Crippen molar-refractivity contribution in [3.05, 3.63) is 29.8 Å². The van der Waals surface area contributed by atoms with Gasteiger partial charge >= 0.3 is 0 Å². The number of likely N-dealkylation sites (tertiary alicyclic amines) is 1. The summed E-state index contributed by atoms with van der Waals surface area (Å²) in [5.74, 6) is 1.64. The Morgan fingerprint density at radius 3 is 3.05 bits per heavy atom. The highest BCUT2D eigenvalue weighted by molar-refractivity contribution is 5.37. The van der Waals surface area contributed by atoms with Crippen LogP contribution in [-0.2, 0) is 0 Å². The second-order valence-electron chi connectivity index (χ2n) is 5.80. The third-order valence-electron chi connectivity index (χ3n) is 4.49. The maximum Gasteiger partial charge on any atom is 0.125 e. The van der Waals surface area contributed by atoms with Crippen LogP contribution in [0.25, 0.3) is 0 Å². The van der Waals surface area contributed by atoms with Crippen LogP contribution in [0.5, 0.6) is 5.75 Å². The molecule has 104 valence electrons. The van der Waals surface area contributed by atoms with E-state index in [1.165, 1.54) is 19.3 Å². The van der Waals surface area contributed by atoms with Crippen LogP contribution in [-0.4, -0.2) is 35.7 Å². The fourth-order valence-electron chi connectivity index (χ4n) is 3.44. The van der Waals surface area contributed by atoms with Gasteiger partial charge in [0, 0.05) is 12.1 Å². The second-order valence-corrected chi connectivity index (χ2v) is 5.80. The highest BCUT2D eigenvalue weighted by Gasteiger charge is 2.36. The molecule has 0 aromatic heterocycles. The topological polar surface area (TPSA) is 32.7 Å². The van der Waals surface area contributed by atoms with E-state index in [1.807, 2.05) is 24.3 Å². The summed E-state index contributed by atoms with van der Waals surface area (Å²) in [6.45, 7) is 5.06. The fraction of sp³-hybridized carbons (Fsp3) is 0.625. The van der Waals surface area contributed by atoms with E-state index in [9.17, 15) is 5.11 Å². The lowest BCUT2D eigenvalue weighted by atomic mass is 9.98. The molecule has 2 aliphatic heterocycles. The Hall–Kier alpha value is -1.06. The Labute approximate surface area is 115 Å². The molecule has 2 aliphatic rings. The van der Waals surface area contributed by atoms with E-state index in [0.29, 0.717) is 6.61 Å². The summed E-state index contributed by atoms with van der Waals surface area (Å²) < 4.78 is 5.81. The molecule has 2 heterocycles. The third kappa shape index (κ3) is 2.49. The first-order valence-corrected chi connectivity index (χ1v) is 7.43. The number of hydrogen-bond donors (Lipinski definition) is 1. The molecule has 0 amide bonds. The van der Waals surface area contributed by atoms with Crippen molar-refractivity contribution >= 4 is 0 Å². The molecule has 0 bridgehead atoms. The van der Waals surface area contributed by atoms with Gasteiger partial charge in [-0.05, 0) is 31.4 Å². The summed E-state index contributed by atoms with van der Waals surface area (Å²) in [6.07, 6.45) is 3.41. The molecule has 3 nitrogen and oxygen atoms in total. The quantitative estimate of drug-likeness (QED) is 0.908. The molecule has 1 aromatic carbocycles. The molecular formula is C16H23NO2. The molecule has 0 spiro atoms. The second kappa shape index (κ2) is 5.51. The lowest BCUT2D eigenvalue weighted by Crippen LogP contribution is -2.44. The van der Waals surface area contributed by atoms with Gasteiger partial charge in [0.1, 0.15) is 18.5 Å². The van der Waals surface area contributed by atoms with E-state index >= 15 is 0 Å². The molecule has 3 heteroatoms. The van der Waals surface area contributed by atoms with Crippen LogP contribution < -0.4 is 4.74 Å². The summed E-state index contributed by atoms with van der Waals surface area (Å²) in [5.41, 5.74) is 0.942. The molecular weight excluding hydrogens is 238 g/mol. The molecule has 3 atom stereocenters. The Kier molecular flexibility index (Phi) is 3.76. The van der Waals surface area contributed by atoms with Crippen LogP contribution in [0.3, 0.4) is 0 Å². The number of aliphatic hydroxyl groups is 1. The van der Waals surface area contributed by atoms with Crippen LogP contribution in [0.2, 0.25) is 0 Å². The van der Waals surface area contributed by atoms with Gasteiger partial charge in [-0.2, -0.15) is 0 Å². The standard InChI is InChI=1S/C16H23NO2/c1-2-5-12-8-9-17(10-12)14-11-19-15-7-4-3-6-13(15)16(14)18/h3-4,6-7,12,14,16,18H,2,5,8-11H2,1H3. The van der Waals surface area contributed by atoms with E-state index in [-0.39, 0.29) is 6.04 Å². The zero-order chi connectivity index (χ0) is 13.2. The molecule has 1 saturated heterocycles. The number of ether oxygens (including phenoxy) is 1. The van der Waals surface area contributed by atoms with Gasteiger partial charge in [-0.25, -0.2) is 0 Å². The number of hydrogen-bond acceptors (Lipinski definition) is 3. The van der Waals surface area contributed by atoms with Crippen molar-refractivity contribution in [1.29, 1.82) is 0 Å². The van der Waals surface area contributed by atoms with Gasteiger partial charge in [0.2, 0.25) is 0 Å².